The number of nitrogens with zero attached hydrogens (tertiary/aromatic N) is 2. The van der Waals surface area contributed by atoms with Gasteiger partial charge >= 0.3 is 0 Å². The lowest BCUT2D eigenvalue weighted by Gasteiger charge is -2.29. The van der Waals surface area contributed by atoms with Crippen LogP contribution in [0.15, 0.2) is 41.4 Å². The fourth-order valence-corrected chi connectivity index (χ4v) is 3.62. The fourth-order valence-electron chi connectivity index (χ4n) is 3.62. The molecule has 1 saturated heterocycles. The Morgan fingerprint density at radius 1 is 1.17 bits per heavy atom. The van der Waals surface area contributed by atoms with Crippen molar-refractivity contribution in [2.24, 2.45) is 4.99 Å². The van der Waals surface area contributed by atoms with E-state index in [1.54, 1.807) is 0 Å². The minimum Gasteiger partial charge on any atom is -0.354 e. The second kappa shape index (κ2) is 8.34. The molecule has 130 valence electrons. The maximum absolute atomic E-state index is 4.41. The van der Waals surface area contributed by atoms with Gasteiger partial charge in [-0.3, -0.25) is 9.89 Å². The molecule has 24 heavy (non-hydrogen) atoms. The van der Waals surface area contributed by atoms with Crippen molar-refractivity contribution in [2.45, 2.75) is 44.7 Å². The van der Waals surface area contributed by atoms with Crippen LogP contribution in [-0.4, -0.2) is 43.6 Å². The number of guanidine groups is 1. The Morgan fingerprint density at radius 3 is 2.46 bits per heavy atom. The molecule has 1 heterocycles. The molecule has 1 fully saturated rings. The topological polar surface area (TPSA) is 39.7 Å². The van der Waals surface area contributed by atoms with Gasteiger partial charge in [0.1, 0.15) is 0 Å². The van der Waals surface area contributed by atoms with E-state index in [1.165, 1.54) is 37.1 Å². The molecular weight excluding hydrogens is 296 g/mol. The van der Waals surface area contributed by atoms with Crippen LogP contribution in [0.1, 0.15) is 42.9 Å². The molecule has 1 aliphatic carbocycles. The second-order valence-corrected chi connectivity index (χ2v) is 6.91. The van der Waals surface area contributed by atoms with Gasteiger partial charge in [-0.1, -0.05) is 42.0 Å². The van der Waals surface area contributed by atoms with E-state index >= 15 is 0 Å². The van der Waals surface area contributed by atoms with Gasteiger partial charge in [0.2, 0.25) is 0 Å². The normalized spacial score (nSPS) is 20.5. The minimum atomic E-state index is 0.411. The first-order chi connectivity index (χ1) is 11.8. The summed E-state index contributed by atoms with van der Waals surface area (Å²) in [6.07, 6.45) is 9.28. The van der Waals surface area contributed by atoms with Gasteiger partial charge in [0.15, 0.2) is 5.96 Å². The quantitative estimate of drug-likeness (QED) is 0.496. The third kappa shape index (κ3) is 4.38. The lowest BCUT2D eigenvalue weighted by atomic mass is 10.0. The van der Waals surface area contributed by atoms with Crippen molar-refractivity contribution < 1.29 is 0 Å². The van der Waals surface area contributed by atoms with Crippen molar-refractivity contribution in [3.63, 3.8) is 0 Å². The number of nitrogens with one attached hydrogen (secondary N) is 2. The Labute approximate surface area is 146 Å². The van der Waals surface area contributed by atoms with Crippen molar-refractivity contribution >= 4 is 5.96 Å². The van der Waals surface area contributed by atoms with Crippen molar-refractivity contribution in [2.75, 3.05) is 26.7 Å². The lowest BCUT2D eigenvalue weighted by Crippen LogP contribution is -2.45. The largest absolute Gasteiger partial charge is 0.354 e. The summed E-state index contributed by atoms with van der Waals surface area (Å²) in [5.41, 5.74) is 2.71. The summed E-state index contributed by atoms with van der Waals surface area (Å²) >= 11 is 0. The maximum Gasteiger partial charge on any atom is 0.191 e. The summed E-state index contributed by atoms with van der Waals surface area (Å²) in [7, 11) is 1.86. The zero-order valence-electron chi connectivity index (χ0n) is 15.0. The molecule has 1 aromatic rings. The molecule has 1 unspecified atom stereocenters. The maximum atomic E-state index is 4.41. The Balaban J connectivity index is 1.63. The average Bonchev–Trinajstić information content (AvgIpc) is 3.29. The highest BCUT2D eigenvalue weighted by Crippen LogP contribution is 2.24. The van der Waals surface area contributed by atoms with Crippen molar-refractivity contribution in [3.8, 4) is 0 Å². The highest BCUT2D eigenvalue weighted by atomic mass is 15.2. The zero-order chi connectivity index (χ0) is 16.8. The van der Waals surface area contributed by atoms with Crippen LogP contribution in [0.25, 0.3) is 0 Å². The van der Waals surface area contributed by atoms with Crippen molar-refractivity contribution in [1.29, 1.82) is 0 Å². The number of aryl methyl sites for hydroxylation is 1. The molecule has 4 nitrogen and oxygen atoms in total. The highest BCUT2D eigenvalue weighted by molar-refractivity contribution is 5.80. The number of likely N-dealkylation sites (tertiary alicyclic amines) is 1. The molecule has 0 saturated carbocycles. The second-order valence-electron chi connectivity index (χ2n) is 6.91. The van der Waals surface area contributed by atoms with Crippen LogP contribution in [0.5, 0.6) is 0 Å². The van der Waals surface area contributed by atoms with Gasteiger partial charge in [-0.25, -0.2) is 0 Å². The molecule has 3 rings (SSSR count). The molecule has 0 amide bonds. The SMILES string of the molecule is CN=C(NCC(c1ccc(C)cc1)N1CCCC1)NC1CC=CC1. The molecular formula is C20H30N4. The third-order valence-corrected chi connectivity index (χ3v) is 5.08. The monoisotopic (exact) mass is 326 g/mol. The zero-order valence-corrected chi connectivity index (χ0v) is 15.0. The lowest BCUT2D eigenvalue weighted by molar-refractivity contribution is 0.245. The van der Waals surface area contributed by atoms with E-state index in [0.29, 0.717) is 12.1 Å². The first kappa shape index (κ1) is 17.0. The molecule has 4 heteroatoms. The van der Waals surface area contributed by atoms with Crippen molar-refractivity contribution in [1.82, 2.24) is 15.5 Å². The number of hydrogen-bond donors (Lipinski definition) is 2. The minimum absolute atomic E-state index is 0.411. The van der Waals surface area contributed by atoms with E-state index in [2.05, 4.69) is 63.9 Å². The average molecular weight is 326 g/mol. The van der Waals surface area contributed by atoms with E-state index < -0.39 is 0 Å². The van der Waals surface area contributed by atoms with Gasteiger partial charge in [0, 0.05) is 19.6 Å². The molecule has 1 atom stereocenters. The molecule has 0 radical (unpaired) electrons. The predicted molar refractivity (Wildman–Crippen MR) is 101 cm³/mol. The Hall–Kier alpha value is -1.81. The van der Waals surface area contributed by atoms with Crippen LogP contribution in [-0.2, 0) is 0 Å². The van der Waals surface area contributed by atoms with E-state index in [-0.39, 0.29) is 0 Å². The van der Waals surface area contributed by atoms with E-state index in [1.807, 2.05) is 7.05 Å². The Kier molecular flexibility index (Phi) is 5.91. The molecule has 1 aromatic carbocycles. The molecule has 0 spiro atoms. The van der Waals surface area contributed by atoms with Crippen LogP contribution in [0.3, 0.4) is 0 Å². The van der Waals surface area contributed by atoms with E-state index in [0.717, 1.165) is 25.3 Å². The summed E-state index contributed by atoms with van der Waals surface area (Å²) in [5.74, 6) is 0.917. The number of hydrogen-bond acceptors (Lipinski definition) is 2. The molecule has 1 aliphatic heterocycles. The highest BCUT2D eigenvalue weighted by Gasteiger charge is 2.24. The van der Waals surface area contributed by atoms with Crippen molar-refractivity contribution in [3.05, 3.63) is 47.5 Å². The number of benzene rings is 1. The Bertz CT molecular complexity index is 562. The summed E-state index contributed by atoms with van der Waals surface area (Å²) in [5, 5.41) is 7.09. The van der Waals surface area contributed by atoms with Crippen LogP contribution < -0.4 is 10.6 Å². The summed E-state index contributed by atoms with van der Waals surface area (Å²) < 4.78 is 0. The van der Waals surface area contributed by atoms with Crippen LogP contribution >= 0.6 is 0 Å². The van der Waals surface area contributed by atoms with Gasteiger partial charge < -0.3 is 10.6 Å². The molecule has 0 aromatic heterocycles. The summed E-state index contributed by atoms with van der Waals surface area (Å²) in [6.45, 7) is 5.43. The fraction of sp³-hybridized carbons (Fsp3) is 0.550. The van der Waals surface area contributed by atoms with E-state index in [4.69, 9.17) is 0 Å². The number of aliphatic imine (C=N–C) groups is 1. The van der Waals surface area contributed by atoms with Gasteiger partial charge in [-0.15, -0.1) is 0 Å². The molecule has 2 N–H and O–H groups in total. The van der Waals surface area contributed by atoms with Crippen LogP contribution in [0, 0.1) is 6.92 Å². The van der Waals surface area contributed by atoms with Gasteiger partial charge in [0.25, 0.3) is 0 Å². The van der Waals surface area contributed by atoms with Gasteiger partial charge in [-0.2, -0.15) is 0 Å². The van der Waals surface area contributed by atoms with Gasteiger partial charge in [-0.05, 0) is 51.3 Å². The summed E-state index contributed by atoms with van der Waals surface area (Å²) in [6, 6.07) is 9.88. The van der Waals surface area contributed by atoms with E-state index in [9.17, 15) is 0 Å². The van der Waals surface area contributed by atoms with Crippen LogP contribution in [0.2, 0.25) is 0 Å². The predicted octanol–water partition coefficient (Wildman–Crippen LogP) is 3.02. The number of rotatable bonds is 5. The smallest absolute Gasteiger partial charge is 0.191 e. The molecule has 0 bridgehead atoms. The first-order valence-corrected chi connectivity index (χ1v) is 9.19. The van der Waals surface area contributed by atoms with Crippen LogP contribution in [0.4, 0.5) is 0 Å². The molecule has 2 aliphatic rings. The van der Waals surface area contributed by atoms with Gasteiger partial charge in [0.05, 0.1) is 6.04 Å². The first-order valence-electron chi connectivity index (χ1n) is 9.19. The standard InChI is InChI=1S/C20H30N4/c1-16-9-11-17(12-10-16)19(24-13-5-6-14-24)15-22-20(21-2)23-18-7-3-4-8-18/h3-4,9-12,18-19H,5-8,13-15H2,1-2H3,(H2,21,22,23). The third-order valence-electron chi connectivity index (χ3n) is 5.08. The Morgan fingerprint density at radius 2 is 1.83 bits per heavy atom. The summed E-state index contributed by atoms with van der Waals surface area (Å²) in [4.78, 5) is 7.01.